The summed E-state index contributed by atoms with van der Waals surface area (Å²) in [5.74, 6) is 0.532. The van der Waals surface area contributed by atoms with Crippen LogP contribution in [0.5, 0.6) is 23.0 Å². The first-order valence-corrected chi connectivity index (χ1v) is 12.8. The van der Waals surface area contributed by atoms with Gasteiger partial charge in [0.05, 0.1) is 0 Å². The molecule has 0 spiro atoms. The Bertz CT molecular complexity index is 1840. The number of hydrogen-bond donors (Lipinski definition) is 0. The van der Waals surface area contributed by atoms with Gasteiger partial charge in [-0.1, -0.05) is 36.4 Å². The number of halogens is 6. The van der Waals surface area contributed by atoms with Crippen LogP contribution < -0.4 is 19.8 Å². The van der Waals surface area contributed by atoms with Gasteiger partial charge in [-0.2, -0.15) is 26.3 Å². The van der Waals surface area contributed by atoms with E-state index in [0.29, 0.717) is 33.8 Å². The molecule has 0 unspecified atom stereocenters. The van der Waals surface area contributed by atoms with Crippen molar-refractivity contribution in [1.82, 2.24) is 0 Å². The molecule has 0 aliphatic carbocycles. The van der Waals surface area contributed by atoms with Gasteiger partial charge in [-0.25, -0.2) is 4.79 Å². The van der Waals surface area contributed by atoms with Crippen LogP contribution in [-0.4, -0.2) is 0 Å². The first-order valence-electron chi connectivity index (χ1n) is 12.8. The molecule has 5 aromatic rings. The topological polar surface area (TPSA) is 57.9 Å². The first kappa shape index (κ1) is 30.0. The Morgan fingerprint density at radius 3 is 1.43 bits per heavy atom. The third-order valence-corrected chi connectivity index (χ3v) is 6.84. The van der Waals surface area contributed by atoms with Crippen molar-refractivity contribution < 1.29 is 45.0 Å². The van der Waals surface area contributed by atoms with E-state index in [2.05, 4.69) is 9.47 Å². The molecule has 4 aromatic carbocycles. The van der Waals surface area contributed by atoms with Gasteiger partial charge in [-0.15, -0.1) is 0 Å². The van der Waals surface area contributed by atoms with Gasteiger partial charge in [0.25, 0.3) is 0 Å². The molecule has 5 rings (SSSR count). The van der Waals surface area contributed by atoms with Crippen LogP contribution >= 0.6 is 0 Å². The molecule has 0 fully saturated rings. The summed E-state index contributed by atoms with van der Waals surface area (Å²) in [6, 6.07) is 22.4. The van der Waals surface area contributed by atoms with E-state index in [-0.39, 0.29) is 11.5 Å². The van der Waals surface area contributed by atoms with Crippen LogP contribution in [0.25, 0.3) is 11.0 Å². The minimum atomic E-state index is -2.60. The van der Waals surface area contributed by atoms with E-state index in [1.165, 1.54) is 30.3 Å². The van der Waals surface area contributed by atoms with Crippen LogP contribution in [0.15, 0.2) is 137 Å². The SMILES string of the molecule is CC(c1ccc(OC(F)=C(F)F)cc1)(c1ccc(OC(F)=C(F)F)cc1)c1ccc(Oc2ccc3ccc(=O)oc3c2)cc1. The molecule has 5 nitrogen and oxygen atoms in total. The summed E-state index contributed by atoms with van der Waals surface area (Å²) in [6.45, 7) is 1.84. The molecule has 11 heteroatoms. The van der Waals surface area contributed by atoms with E-state index >= 15 is 0 Å². The van der Waals surface area contributed by atoms with Gasteiger partial charge in [0.1, 0.15) is 28.6 Å². The molecule has 0 aliphatic rings. The molecule has 44 heavy (non-hydrogen) atoms. The monoisotopic (exact) mass is 610 g/mol. The van der Waals surface area contributed by atoms with Crippen molar-refractivity contribution in [3.63, 3.8) is 0 Å². The van der Waals surface area contributed by atoms with E-state index in [9.17, 15) is 31.1 Å². The highest BCUT2D eigenvalue weighted by Crippen LogP contribution is 2.41. The smallest absolute Gasteiger partial charge is 0.344 e. The second-order valence-corrected chi connectivity index (χ2v) is 9.53. The lowest BCUT2D eigenvalue weighted by atomic mass is 9.71. The summed E-state index contributed by atoms with van der Waals surface area (Å²) >= 11 is 0. The van der Waals surface area contributed by atoms with Crippen molar-refractivity contribution in [1.29, 1.82) is 0 Å². The zero-order valence-corrected chi connectivity index (χ0v) is 22.6. The largest absolute Gasteiger partial charge is 0.457 e. The van der Waals surface area contributed by atoms with Crippen LogP contribution in [-0.2, 0) is 5.41 Å². The zero-order valence-electron chi connectivity index (χ0n) is 22.6. The highest BCUT2D eigenvalue weighted by atomic mass is 19.3. The lowest BCUT2D eigenvalue weighted by Gasteiger charge is -2.32. The summed E-state index contributed by atoms with van der Waals surface area (Å²) in [5.41, 5.74) is 0.823. The standard InChI is InChI=1S/C33H20F6O5/c1-33(21-6-13-24(14-7-21)42-31(38)29(34)35,22-8-15-25(16-9-22)43-32(39)30(36)37)20-4-11-23(12-5-20)41-26-10-2-19-3-17-28(40)44-27(19)18-26/h2-18H,1H3. The second-order valence-electron chi connectivity index (χ2n) is 9.53. The minimum absolute atomic E-state index is 0.171. The maximum Gasteiger partial charge on any atom is 0.344 e. The lowest BCUT2D eigenvalue weighted by Crippen LogP contribution is -2.25. The molecule has 0 radical (unpaired) electrons. The molecule has 0 saturated carbocycles. The maximum absolute atomic E-state index is 13.3. The third kappa shape index (κ3) is 6.46. The van der Waals surface area contributed by atoms with Crippen molar-refractivity contribution in [2.75, 3.05) is 0 Å². The van der Waals surface area contributed by atoms with Crippen molar-refractivity contribution in [2.24, 2.45) is 0 Å². The Morgan fingerprint density at radius 2 is 0.977 bits per heavy atom. The molecule has 1 aromatic heterocycles. The van der Waals surface area contributed by atoms with Crippen molar-refractivity contribution in [3.8, 4) is 23.0 Å². The average Bonchev–Trinajstić information content (AvgIpc) is 3.01. The van der Waals surface area contributed by atoms with Gasteiger partial charge in [0.2, 0.25) is 0 Å². The fourth-order valence-corrected chi connectivity index (χ4v) is 4.59. The molecule has 0 aliphatic heterocycles. The highest BCUT2D eigenvalue weighted by molar-refractivity contribution is 5.77. The van der Waals surface area contributed by atoms with E-state index in [0.717, 1.165) is 5.39 Å². The molecule has 224 valence electrons. The number of benzene rings is 4. The fraction of sp³-hybridized carbons (Fsp3) is 0.0606. The molecule has 0 bridgehead atoms. The van der Waals surface area contributed by atoms with Gasteiger partial charge >= 0.3 is 29.8 Å². The molecule has 1 heterocycles. The Balaban J connectivity index is 1.49. The molecular formula is C33H20F6O5. The summed E-state index contributed by atoms with van der Waals surface area (Å²) in [4.78, 5) is 11.6. The number of fused-ring (bicyclic) bond motifs is 1. The Morgan fingerprint density at radius 1 is 0.568 bits per heavy atom. The predicted molar refractivity (Wildman–Crippen MR) is 149 cm³/mol. The van der Waals surface area contributed by atoms with Crippen molar-refractivity contribution >= 4 is 11.0 Å². The summed E-state index contributed by atoms with van der Waals surface area (Å²) in [7, 11) is 0. The molecule has 0 amide bonds. The molecule has 0 saturated heterocycles. The molecule has 0 N–H and O–H groups in total. The number of rotatable bonds is 9. The van der Waals surface area contributed by atoms with Gasteiger partial charge < -0.3 is 18.6 Å². The first-order chi connectivity index (χ1) is 21.0. The highest BCUT2D eigenvalue weighted by Gasteiger charge is 2.31. The maximum atomic E-state index is 13.3. The van der Waals surface area contributed by atoms with Crippen molar-refractivity contribution in [2.45, 2.75) is 12.3 Å². The number of hydrogen-bond acceptors (Lipinski definition) is 5. The van der Waals surface area contributed by atoms with E-state index in [4.69, 9.17) is 9.15 Å². The van der Waals surface area contributed by atoms with Crippen LogP contribution in [0.1, 0.15) is 23.6 Å². The Hall–Kier alpha value is -5.45. The fourth-order valence-electron chi connectivity index (χ4n) is 4.59. The zero-order chi connectivity index (χ0) is 31.4. The van der Waals surface area contributed by atoms with Crippen LogP contribution in [0, 0.1) is 0 Å². The predicted octanol–water partition coefficient (Wildman–Crippen LogP) is 9.77. The van der Waals surface area contributed by atoms with E-state index in [1.807, 2.05) is 6.92 Å². The second kappa shape index (κ2) is 12.4. The summed E-state index contributed by atoms with van der Waals surface area (Å²) in [6.07, 6.45) is -5.20. The van der Waals surface area contributed by atoms with Crippen LogP contribution in [0.3, 0.4) is 0 Å². The van der Waals surface area contributed by atoms with Gasteiger partial charge in [-0.05, 0) is 78.2 Å². The average molecular weight is 611 g/mol. The summed E-state index contributed by atoms with van der Waals surface area (Å²) in [5, 5.41) is 0.720. The Kier molecular flexibility index (Phi) is 8.48. The van der Waals surface area contributed by atoms with Crippen LogP contribution in [0.4, 0.5) is 26.3 Å². The summed E-state index contributed by atoms with van der Waals surface area (Å²) < 4.78 is 96.9. The van der Waals surface area contributed by atoms with Crippen molar-refractivity contribution in [3.05, 3.63) is 154 Å². The normalized spacial score (nSPS) is 11.2. The van der Waals surface area contributed by atoms with Crippen LogP contribution in [0.2, 0.25) is 0 Å². The Labute approximate surface area is 245 Å². The molecular weight excluding hydrogens is 590 g/mol. The van der Waals surface area contributed by atoms with Gasteiger partial charge in [-0.3, -0.25) is 0 Å². The molecule has 0 atom stereocenters. The quantitative estimate of drug-likeness (QED) is 0.0720. The minimum Gasteiger partial charge on any atom is -0.457 e. The van der Waals surface area contributed by atoms with Gasteiger partial charge in [0, 0.05) is 22.9 Å². The van der Waals surface area contributed by atoms with E-state index < -0.39 is 35.2 Å². The van der Waals surface area contributed by atoms with Gasteiger partial charge in [0.15, 0.2) is 0 Å². The van der Waals surface area contributed by atoms with E-state index in [1.54, 1.807) is 72.8 Å². The number of ether oxygens (including phenoxy) is 3. The lowest BCUT2D eigenvalue weighted by molar-refractivity contribution is 0.241. The third-order valence-electron chi connectivity index (χ3n) is 6.84.